The number of anilines is 1. The summed E-state index contributed by atoms with van der Waals surface area (Å²) >= 11 is 0. The fourth-order valence-electron chi connectivity index (χ4n) is 1.95. The molecule has 1 atom stereocenters. The Labute approximate surface area is 123 Å². The van der Waals surface area contributed by atoms with E-state index in [1.807, 2.05) is 17.8 Å². The second-order valence-corrected chi connectivity index (χ2v) is 4.88. The highest BCUT2D eigenvalue weighted by molar-refractivity contribution is 5.89. The number of urea groups is 1. The summed E-state index contributed by atoms with van der Waals surface area (Å²) in [5.74, 6) is 0.927. The van der Waals surface area contributed by atoms with E-state index >= 15 is 0 Å². The number of rotatable bonds is 5. The molecule has 6 heteroatoms. The van der Waals surface area contributed by atoms with Crippen molar-refractivity contribution in [2.45, 2.75) is 19.4 Å². The molecule has 0 aliphatic carbocycles. The van der Waals surface area contributed by atoms with E-state index in [0.717, 1.165) is 11.4 Å². The van der Waals surface area contributed by atoms with Gasteiger partial charge in [0.2, 0.25) is 0 Å². The quantitative estimate of drug-likeness (QED) is 0.785. The minimum atomic E-state index is -0.509. The molecule has 1 aromatic heterocycles. The molecule has 0 aliphatic rings. The summed E-state index contributed by atoms with van der Waals surface area (Å²) in [6, 6.07) is 6.84. The van der Waals surface area contributed by atoms with Crippen molar-refractivity contribution in [2.75, 3.05) is 11.9 Å². The fraction of sp³-hybridized carbons (Fsp3) is 0.333. The number of aliphatic hydroxyl groups is 1. The molecule has 2 aromatic rings. The number of amides is 2. The van der Waals surface area contributed by atoms with Gasteiger partial charge < -0.3 is 20.3 Å². The summed E-state index contributed by atoms with van der Waals surface area (Å²) < 4.78 is 1.92. The van der Waals surface area contributed by atoms with Crippen LogP contribution in [0.3, 0.4) is 0 Å². The zero-order valence-electron chi connectivity index (χ0n) is 12.2. The molecule has 0 saturated heterocycles. The van der Waals surface area contributed by atoms with E-state index in [-0.39, 0.29) is 6.03 Å². The van der Waals surface area contributed by atoms with Crippen molar-refractivity contribution in [1.82, 2.24) is 14.9 Å². The Kier molecular flexibility index (Phi) is 4.94. The lowest BCUT2D eigenvalue weighted by Crippen LogP contribution is -2.30. The highest BCUT2D eigenvalue weighted by atomic mass is 16.3. The molecular formula is C15H20N4O2. The van der Waals surface area contributed by atoms with Crippen LogP contribution in [0.5, 0.6) is 0 Å². The molecule has 0 bridgehead atoms. The molecule has 1 heterocycles. The van der Waals surface area contributed by atoms with Crippen LogP contribution in [0.1, 0.15) is 24.4 Å². The molecule has 0 fully saturated rings. The zero-order valence-corrected chi connectivity index (χ0v) is 12.2. The fourth-order valence-corrected chi connectivity index (χ4v) is 1.95. The first kappa shape index (κ1) is 15.1. The molecule has 21 heavy (non-hydrogen) atoms. The molecule has 0 saturated carbocycles. The largest absolute Gasteiger partial charge is 0.389 e. The molecule has 1 unspecified atom stereocenters. The number of hydrogen-bond donors (Lipinski definition) is 3. The van der Waals surface area contributed by atoms with Crippen LogP contribution in [-0.2, 0) is 13.5 Å². The minimum Gasteiger partial charge on any atom is -0.389 e. The van der Waals surface area contributed by atoms with Crippen molar-refractivity contribution in [2.24, 2.45) is 7.05 Å². The van der Waals surface area contributed by atoms with Crippen LogP contribution < -0.4 is 10.6 Å². The summed E-state index contributed by atoms with van der Waals surface area (Å²) in [5.41, 5.74) is 1.50. The van der Waals surface area contributed by atoms with Gasteiger partial charge in [0, 0.05) is 38.1 Å². The molecule has 2 rings (SSSR count). The summed E-state index contributed by atoms with van der Waals surface area (Å²) in [6.07, 6.45) is 3.78. The molecule has 3 N–H and O–H groups in total. The van der Waals surface area contributed by atoms with Gasteiger partial charge in [-0.05, 0) is 24.6 Å². The second-order valence-electron chi connectivity index (χ2n) is 4.88. The van der Waals surface area contributed by atoms with Gasteiger partial charge in [0.15, 0.2) is 0 Å². The van der Waals surface area contributed by atoms with Gasteiger partial charge in [0.25, 0.3) is 0 Å². The van der Waals surface area contributed by atoms with Gasteiger partial charge in [-0.25, -0.2) is 9.78 Å². The third-order valence-corrected chi connectivity index (χ3v) is 3.21. The average Bonchev–Trinajstić information content (AvgIpc) is 2.85. The first-order chi connectivity index (χ1) is 10.1. The molecular weight excluding hydrogens is 268 g/mol. The number of benzene rings is 1. The lowest BCUT2D eigenvalue weighted by atomic mass is 10.1. The Balaban J connectivity index is 1.78. The number of hydrogen-bond acceptors (Lipinski definition) is 3. The lowest BCUT2D eigenvalue weighted by molar-refractivity contribution is 0.199. The molecule has 0 radical (unpaired) electrons. The zero-order chi connectivity index (χ0) is 15.2. The predicted molar refractivity (Wildman–Crippen MR) is 81.0 cm³/mol. The van der Waals surface area contributed by atoms with Crippen molar-refractivity contribution < 1.29 is 9.90 Å². The third kappa shape index (κ3) is 4.32. The molecule has 2 amide bonds. The lowest BCUT2D eigenvalue weighted by Gasteiger charge is -2.09. The monoisotopic (exact) mass is 288 g/mol. The van der Waals surface area contributed by atoms with Crippen molar-refractivity contribution in [1.29, 1.82) is 0 Å². The van der Waals surface area contributed by atoms with Crippen LogP contribution in [0, 0.1) is 0 Å². The van der Waals surface area contributed by atoms with Gasteiger partial charge in [-0.15, -0.1) is 0 Å². The summed E-state index contributed by atoms with van der Waals surface area (Å²) in [6.45, 7) is 2.22. The van der Waals surface area contributed by atoms with Crippen molar-refractivity contribution in [3.63, 3.8) is 0 Å². The summed E-state index contributed by atoms with van der Waals surface area (Å²) in [4.78, 5) is 15.9. The van der Waals surface area contributed by atoms with Crippen LogP contribution >= 0.6 is 0 Å². The number of nitrogens with one attached hydrogen (secondary N) is 2. The third-order valence-electron chi connectivity index (χ3n) is 3.21. The Hall–Kier alpha value is -2.34. The standard InChI is InChI=1S/C15H20N4O2/c1-11(20)12-3-5-13(6-4-12)18-15(21)17-8-7-14-16-9-10-19(14)2/h3-6,9-11,20H,7-8H2,1-2H3,(H2,17,18,21). The first-order valence-electron chi connectivity index (χ1n) is 6.85. The molecule has 0 aliphatic heterocycles. The Morgan fingerprint density at radius 2 is 2.10 bits per heavy atom. The number of aromatic nitrogens is 2. The first-order valence-corrected chi connectivity index (χ1v) is 6.85. The number of imidazole rings is 1. The Morgan fingerprint density at radius 1 is 1.38 bits per heavy atom. The van der Waals surface area contributed by atoms with E-state index in [1.165, 1.54) is 0 Å². The number of nitrogens with zero attached hydrogens (tertiary/aromatic N) is 2. The Morgan fingerprint density at radius 3 is 2.67 bits per heavy atom. The number of carbonyl (C=O) groups is 1. The molecule has 6 nitrogen and oxygen atoms in total. The summed E-state index contributed by atoms with van der Waals surface area (Å²) in [5, 5.41) is 14.9. The number of aliphatic hydroxyl groups excluding tert-OH is 1. The van der Waals surface area contributed by atoms with E-state index in [2.05, 4.69) is 15.6 Å². The maximum atomic E-state index is 11.7. The van der Waals surface area contributed by atoms with E-state index in [0.29, 0.717) is 18.7 Å². The number of carbonyl (C=O) groups excluding carboxylic acids is 1. The van der Waals surface area contributed by atoms with Gasteiger partial charge in [0.1, 0.15) is 5.82 Å². The van der Waals surface area contributed by atoms with Gasteiger partial charge in [-0.3, -0.25) is 0 Å². The van der Waals surface area contributed by atoms with Gasteiger partial charge >= 0.3 is 6.03 Å². The highest BCUT2D eigenvalue weighted by Gasteiger charge is 2.04. The smallest absolute Gasteiger partial charge is 0.319 e. The van der Waals surface area contributed by atoms with Crippen LogP contribution in [0.25, 0.3) is 0 Å². The van der Waals surface area contributed by atoms with E-state index in [1.54, 1.807) is 37.4 Å². The van der Waals surface area contributed by atoms with Gasteiger partial charge in [0.05, 0.1) is 6.10 Å². The molecule has 112 valence electrons. The Bertz CT molecular complexity index is 590. The minimum absolute atomic E-state index is 0.256. The van der Waals surface area contributed by atoms with Crippen LogP contribution in [0.2, 0.25) is 0 Å². The second kappa shape index (κ2) is 6.90. The maximum absolute atomic E-state index is 11.7. The normalized spacial score (nSPS) is 12.0. The SMILES string of the molecule is CC(O)c1ccc(NC(=O)NCCc2nccn2C)cc1. The number of aryl methyl sites for hydroxylation is 1. The van der Waals surface area contributed by atoms with Crippen molar-refractivity contribution >= 4 is 11.7 Å². The predicted octanol–water partition coefficient (Wildman–Crippen LogP) is 1.84. The highest BCUT2D eigenvalue weighted by Crippen LogP contribution is 2.15. The average molecular weight is 288 g/mol. The van der Waals surface area contributed by atoms with Gasteiger partial charge in [-0.2, -0.15) is 0 Å². The van der Waals surface area contributed by atoms with Crippen molar-refractivity contribution in [3.05, 3.63) is 48.0 Å². The van der Waals surface area contributed by atoms with Crippen molar-refractivity contribution in [3.8, 4) is 0 Å². The van der Waals surface area contributed by atoms with E-state index in [9.17, 15) is 9.90 Å². The summed E-state index contributed by atoms with van der Waals surface area (Å²) in [7, 11) is 1.92. The topological polar surface area (TPSA) is 79.2 Å². The molecule has 0 spiro atoms. The van der Waals surface area contributed by atoms with Crippen LogP contribution in [0.4, 0.5) is 10.5 Å². The van der Waals surface area contributed by atoms with Crippen LogP contribution in [-0.4, -0.2) is 27.2 Å². The van der Waals surface area contributed by atoms with Crippen LogP contribution in [0.15, 0.2) is 36.7 Å². The molecule has 1 aromatic carbocycles. The maximum Gasteiger partial charge on any atom is 0.319 e. The van der Waals surface area contributed by atoms with Gasteiger partial charge in [-0.1, -0.05) is 12.1 Å². The van der Waals surface area contributed by atoms with E-state index < -0.39 is 6.10 Å². The van der Waals surface area contributed by atoms with E-state index in [4.69, 9.17) is 0 Å².